The Morgan fingerprint density at radius 3 is 2.59 bits per heavy atom. The molecule has 32 heavy (non-hydrogen) atoms. The Labute approximate surface area is 189 Å². The zero-order valence-electron chi connectivity index (χ0n) is 17.7. The first-order chi connectivity index (χ1) is 15.2. The van der Waals surface area contributed by atoms with Crippen molar-refractivity contribution < 1.29 is 22.9 Å². The monoisotopic (exact) mass is 477 g/mol. The number of carbonyl (C=O) groups is 1. The van der Waals surface area contributed by atoms with Crippen molar-refractivity contribution in [3.63, 3.8) is 0 Å². The van der Waals surface area contributed by atoms with Gasteiger partial charge in [0.25, 0.3) is 5.69 Å². The first-order valence-corrected chi connectivity index (χ1v) is 12.3. The molecule has 3 rings (SSSR count). The van der Waals surface area contributed by atoms with Crippen molar-refractivity contribution in [2.45, 2.75) is 31.2 Å². The second kappa shape index (κ2) is 10.2. The van der Waals surface area contributed by atoms with Gasteiger partial charge in [0.05, 0.1) is 32.4 Å². The number of carbonyl (C=O) groups excluding carboxylic acids is 1. The first-order valence-electron chi connectivity index (χ1n) is 9.85. The van der Waals surface area contributed by atoms with Crippen LogP contribution in [0.2, 0.25) is 0 Å². The lowest BCUT2D eigenvalue weighted by Gasteiger charge is -2.05. The second-order valence-electron chi connectivity index (χ2n) is 7.18. The van der Waals surface area contributed by atoms with Crippen LogP contribution in [0.3, 0.4) is 0 Å². The van der Waals surface area contributed by atoms with Crippen LogP contribution in [0.5, 0.6) is 0 Å². The van der Waals surface area contributed by atoms with Crippen LogP contribution in [0.4, 0.5) is 5.69 Å². The fourth-order valence-corrected chi connectivity index (χ4v) is 5.52. The average Bonchev–Trinajstić information content (AvgIpc) is 3.08. The lowest BCUT2D eigenvalue weighted by molar-refractivity contribution is -0.384. The molecule has 0 unspecified atom stereocenters. The summed E-state index contributed by atoms with van der Waals surface area (Å²) in [6.07, 6.45) is 0.122. The topological polar surface area (TPSA) is 121 Å². The van der Waals surface area contributed by atoms with E-state index < -0.39 is 20.7 Å². The number of thiazole rings is 1. The molecule has 0 atom stereocenters. The number of nitro groups is 1. The summed E-state index contributed by atoms with van der Waals surface area (Å²) in [5, 5.41) is 11.1. The number of sulfone groups is 1. The van der Waals surface area contributed by atoms with Crippen molar-refractivity contribution in [3.8, 4) is 0 Å². The SMILES string of the molecule is COCCn1c(=NC(=O)CCCS(=O)(=O)c2ccc(C)cc2)sc2cc([N+](=O)[O-])ccc21. The number of hydrogen-bond donors (Lipinski definition) is 0. The number of benzene rings is 2. The van der Waals surface area contributed by atoms with Crippen molar-refractivity contribution in [2.75, 3.05) is 19.5 Å². The van der Waals surface area contributed by atoms with Crippen LogP contribution in [-0.2, 0) is 25.9 Å². The Balaban J connectivity index is 1.78. The van der Waals surface area contributed by atoms with E-state index in [0.717, 1.165) is 5.56 Å². The Bertz CT molecular complexity index is 1310. The molecule has 0 spiro atoms. The number of nitrogens with zero attached hydrogens (tertiary/aromatic N) is 3. The smallest absolute Gasteiger partial charge is 0.270 e. The number of amides is 1. The molecule has 0 aliphatic heterocycles. The fraction of sp³-hybridized carbons (Fsp3) is 0.333. The number of non-ortho nitro benzene ring substituents is 1. The number of rotatable bonds is 9. The van der Waals surface area contributed by atoms with E-state index in [9.17, 15) is 23.3 Å². The van der Waals surface area contributed by atoms with Crippen LogP contribution in [0.25, 0.3) is 10.2 Å². The third-order valence-electron chi connectivity index (χ3n) is 4.80. The van der Waals surface area contributed by atoms with Gasteiger partial charge in [-0.2, -0.15) is 4.99 Å². The molecule has 2 aromatic carbocycles. The zero-order chi connectivity index (χ0) is 23.3. The molecule has 0 bridgehead atoms. The summed E-state index contributed by atoms with van der Waals surface area (Å²) < 4.78 is 32.4. The first kappa shape index (κ1) is 23.8. The number of hydrogen-bond acceptors (Lipinski definition) is 7. The number of methoxy groups -OCH3 is 1. The fourth-order valence-electron chi connectivity index (χ4n) is 3.10. The van der Waals surface area contributed by atoms with E-state index in [1.807, 2.05) is 6.92 Å². The normalized spacial score (nSPS) is 12.4. The predicted molar refractivity (Wildman–Crippen MR) is 121 cm³/mol. The summed E-state index contributed by atoms with van der Waals surface area (Å²) in [7, 11) is -1.92. The maximum Gasteiger partial charge on any atom is 0.270 e. The van der Waals surface area contributed by atoms with E-state index in [2.05, 4.69) is 4.99 Å². The molecular formula is C21H23N3O6S2. The number of ether oxygens (including phenoxy) is 1. The highest BCUT2D eigenvalue weighted by Gasteiger charge is 2.16. The van der Waals surface area contributed by atoms with Crippen LogP contribution in [0, 0.1) is 17.0 Å². The molecule has 0 saturated heterocycles. The minimum absolute atomic E-state index is 0.0240. The van der Waals surface area contributed by atoms with Crippen LogP contribution < -0.4 is 4.80 Å². The predicted octanol–water partition coefficient (Wildman–Crippen LogP) is 3.25. The van der Waals surface area contributed by atoms with Gasteiger partial charge < -0.3 is 9.30 Å². The molecule has 0 aliphatic carbocycles. The molecule has 9 nitrogen and oxygen atoms in total. The molecular weight excluding hydrogens is 454 g/mol. The van der Waals surface area contributed by atoms with Gasteiger partial charge in [0, 0.05) is 32.2 Å². The third kappa shape index (κ3) is 5.67. The van der Waals surface area contributed by atoms with Gasteiger partial charge in [-0.15, -0.1) is 0 Å². The van der Waals surface area contributed by atoms with Crippen LogP contribution in [-0.4, -0.2) is 43.3 Å². The van der Waals surface area contributed by atoms with Gasteiger partial charge in [-0.25, -0.2) is 8.42 Å². The van der Waals surface area contributed by atoms with Crippen molar-refractivity contribution >= 4 is 43.0 Å². The van der Waals surface area contributed by atoms with Gasteiger partial charge in [0.2, 0.25) is 5.91 Å². The number of aromatic nitrogens is 1. The Kier molecular flexibility index (Phi) is 7.54. The van der Waals surface area contributed by atoms with E-state index in [1.165, 1.54) is 23.5 Å². The molecule has 170 valence electrons. The summed E-state index contributed by atoms with van der Waals surface area (Å²) in [6, 6.07) is 11.1. The van der Waals surface area contributed by atoms with Gasteiger partial charge in [-0.05, 0) is 31.5 Å². The molecule has 0 fully saturated rings. The van der Waals surface area contributed by atoms with Crippen LogP contribution in [0.1, 0.15) is 18.4 Å². The number of nitro benzene ring substituents is 1. The third-order valence-corrected chi connectivity index (χ3v) is 7.66. The van der Waals surface area contributed by atoms with Gasteiger partial charge in [-0.3, -0.25) is 14.9 Å². The van der Waals surface area contributed by atoms with E-state index >= 15 is 0 Å². The molecule has 1 heterocycles. The minimum Gasteiger partial charge on any atom is -0.383 e. The lowest BCUT2D eigenvalue weighted by Crippen LogP contribution is -2.19. The summed E-state index contributed by atoms with van der Waals surface area (Å²) in [5.74, 6) is -0.601. The number of fused-ring (bicyclic) bond motifs is 1. The summed E-state index contributed by atoms with van der Waals surface area (Å²) in [5.41, 5.74) is 1.64. The zero-order valence-corrected chi connectivity index (χ0v) is 19.3. The number of aryl methyl sites for hydroxylation is 1. The molecule has 11 heteroatoms. The Hall–Kier alpha value is -2.89. The maximum absolute atomic E-state index is 12.4. The van der Waals surface area contributed by atoms with Crippen molar-refractivity contribution in [1.82, 2.24) is 4.57 Å². The minimum atomic E-state index is -3.48. The largest absolute Gasteiger partial charge is 0.383 e. The molecule has 0 radical (unpaired) electrons. The van der Waals surface area contributed by atoms with Crippen LogP contribution in [0.15, 0.2) is 52.4 Å². The molecule has 0 N–H and O–H groups in total. The molecule has 1 amide bonds. The van der Waals surface area contributed by atoms with Crippen LogP contribution >= 0.6 is 11.3 Å². The molecule has 3 aromatic rings. The van der Waals surface area contributed by atoms with Gasteiger partial charge in [-0.1, -0.05) is 29.0 Å². The van der Waals surface area contributed by atoms with E-state index in [-0.39, 0.29) is 29.2 Å². The second-order valence-corrected chi connectivity index (χ2v) is 10.3. The Morgan fingerprint density at radius 1 is 1.22 bits per heavy atom. The van der Waals surface area contributed by atoms with E-state index in [4.69, 9.17) is 4.74 Å². The van der Waals surface area contributed by atoms with Crippen molar-refractivity contribution in [2.24, 2.45) is 4.99 Å². The van der Waals surface area contributed by atoms with Crippen molar-refractivity contribution in [1.29, 1.82) is 0 Å². The summed E-state index contributed by atoms with van der Waals surface area (Å²) in [6.45, 7) is 2.67. The standard InChI is InChI=1S/C21H23N3O6S2/c1-15-5-8-17(9-6-15)32(28,29)13-3-4-20(25)22-21-23(11-12-30-2)18-10-7-16(24(26)27)14-19(18)31-21/h5-10,14H,3-4,11-13H2,1-2H3. The average molecular weight is 478 g/mol. The highest BCUT2D eigenvalue weighted by atomic mass is 32.2. The molecule has 1 aromatic heterocycles. The maximum atomic E-state index is 12.4. The lowest BCUT2D eigenvalue weighted by atomic mass is 10.2. The highest BCUT2D eigenvalue weighted by molar-refractivity contribution is 7.91. The van der Waals surface area contributed by atoms with Gasteiger partial charge >= 0.3 is 0 Å². The van der Waals surface area contributed by atoms with E-state index in [1.54, 1.807) is 42.0 Å². The quantitative estimate of drug-likeness (QED) is 0.345. The Morgan fingerprint density at radius 2 is 1.94 bits per heavy atom. The molecule has 0 aliphatic rings. The van der Waals surface area contributed by atoms with Crippen molar-refractivity contribution in [3.05, 3.63) is 62.9 Å². The highest BCUT2D eigenvalue weighted by Crippen LogP contribution is 2.23. The summed E-state index contributed by atoms with van der Waals surface area (Å²) >= 11 is 1.17. The van der Waals surface area contributed by atoms with Gasteiger partial charge in [0.1, 0.15) is 0 Å². The van der Waals surface area contributed by atoms with Gasteiger partial charge in [0.15, 0.2) is 14.6 Å². The molecule has 0 saturated carbocycles. The summed E-state index contributed by atoms with van der Waals surface area (Å²) in [4.78, 5) is 27.8. The van der Waals surface area contributed by atoms with E-state index in [0.29, 0.717) is 28.2 Å².